The molecular formula is C30H33FN4O4. The number of piperidine rings is 1. The molecule has 3 heterocycles. The third-order valence-corrected chi connectivity index (χ3v) is 7.72. The molecule has 39 heavy (non-hydrogen) atoms. The highest BCUT2D eigenvalue weighted by Crippen LogP contribution is 2.25. The number of likely N-dealkylation sites (tertiary alicyclic amines) is 1. The molecule has 1 N–H and O–H groups in total. The topological polar surface area (TPSA) is 95.6 Å². The molecular weight excluding hydrogens is 499 g/mol. The second-order valence-corrected chi connectivity index (χ2v) is 10.3. The number of fused-ring (bicyclic) bond motifs is 1. The van der Waals surface area contributed by atoms with Crippen LogP contribution in [0, 0.1) is 11.7 Å². The predicted octanol–water partition coefficient (Wildman–Crippen LogP) is 3.67. The molecule has 0 unspecified atom stereocenters. The Labute approximate surface area is 226 Å². The van der Waals surface area contributed by atoms with Gasteiger partial charge >= 0.3 is 0 Å². The second kappa shape index (κ2) is 12.0. The smallest absolute Gasteiger partial charge is 0.256 e. The summed E-state index contributed by atoms with van der Waals surface area (Å²) in [5.74, 6) is -0.0975. The lowest BCUT2D eigenvalue weighted by molar-refractivity contribution is -0.135. The second-order valence-electron chi connectivity index (χ2n) is 10.3. The Morgan fingerprint density at radius 1 is 1.13 bits per heavy atom. The van der Waals surface area contributed by atoms with Crippen molar-refractivity contribution in [3.63, 3.8) is 0 Å². The maximum atomic E-state index is 13.7. The van der Waals surface area contributed by atoms with Crippen LogP contribution in [0.2, 0.25) is 0 Å². The molecule has 1 saturated heterocycles. The van der Waals surface area contributed by atoms with Crippen LogP contribution in [0.5, 0.6) is 0 Å². The van der Waals surface area contributed by atoms with Gasteiger partial charge in [-0.2, -0.15) is 0 Å². The quantitative estimate of drug-likeness (QED) is 0.445. The summed E-state index contributed by atoms with van der Waals surface area (Å²) < 4.78 is 18.6. The van der Waals surface area contributed by atoms with E-state index in [9.17, 15) is 18.8 Å². The van der Waals surface area contributed by atoms with Gasteiger partial charge in [0, 0.05) is 17.9 Å². The van der Waals surface area contributed by atoms with Crippen LogP contribution in [0.25, 0.3) is 0 Å². The Kier molecular flexibility index (Phi) is 8.28. The maximum Gasteiger partial charge on any atom is 0.256 e. The first-order valence-electron chi connectivity index (χ1n) is 13.4. The van der Waals surface area contributed by atoms with Crippen LogP contribution < -0.4 is 5.56 Å². The van der Waals surface area contributed by atoms with Gasteiger partial charge in [-0.1, -0.05) is 30.3 Å². The van der Waals surface area contributed by atoms with Crippen LogP contribution in [-0.4, -0.2) is 57.7 Å². The molecule has 1 aromatic heterocycles. The average Bonchev–Trinajstić information content (AvgIpc) is 2.96. The van der Waals surface area contributed by atoms with Crippen molar-refractivity contribution in [3.8, 4) is 0 Å². The van der Waals surface area contributed by atoms with Crippen molar-refractivity contribution >= 4 is 11.7 Å². The summed E-state index contributed by atoms with van der Waals surface area (Å²) >= 11 is 0. The molecule has 2 aromatic carbocycles. The van der Waals surface area contributed by atoms with Crippen molar-refractivity contribution in [1.29, 1.82) is 0 Å². The van der Waals surface area contributed by atoms with Crippen LogP contribution in [0.15, 0.2) is 59.4 Å². The minimum absolute atomic E-state index is 0.0214. The van der Waals surface area contributed by atoms with Crippen LogP contribution in [0.4, 0.5) is 4.39 Å². The number of hydrogen-bond donors (Lipinski definition) is 1. The van der Waals surface area contributed by atoms with E-state index in [-0.39, 0.29) is 54.7 Å². The van der Waals surface area contributed by atoms with Crippen LogP contribution in [0.1, 0.15) is 58.8 Å². The molecule has 9 heteroatoms. The Balaban J connectivity index is 1.28. The Bertz CT molecular complexity index is 1370. The molecule has 0 saturated carbocycles. The number of rotatable bonds is 8. The minimum Gasteiger partial charge on any atom is -0.376 e. The lowest BCUT2D eigenvalue weighted by Gasteiger charge is -2.35. The summed E-state index contributed by atoms with van der Waals surface area (Å²) in [6.07, 6.45) is 1.85. The van der Waals surface area contributed by atoms with Crippen molar-refractivity contribution in [2.75, 3.05) is 26.2 Å². The van der Waals surface area contributed by atoms with Crippen molar-refractivity contribution in [3.05, 3.63) is 99.0 Å². The fourth-order valence-corrected chi connectivity index (χ4v) is 5.37. The highest BCUT2D eigenvalue weighted by Gasteiger charge is 2.30. The number of nitrogens with one attached hydrogen (secondary N) is 1. The molecule has 2 aliphatic heterocycles. The summed E-state index contributed by atoms with van der Waals surface area (Å²) in [4.78, 5) is 50.6. The number of aromatic nitrogens is 2. The van der Waals surface area contributed by atoms with Crippen molar-refractivity contribution in [2.24, 2.45) is 5.92 Å². The summed E-state index contributed by atoms with van der Waals surface area (Å²) in [6.45, 7) is 4.36. The normalized spacial score (nSPS) is 16.9. The van der Waals surface area contributed by atoms with Gasteiger partial charge in [-0.25, -0.2) is 9.37 Å². The summed E-state index contributed by atoms with van der Waals surface area (Å²) in [6, 6.07) is 15.2. The van der Waals surface area contributed by atoms with Crippen molar-refractivity contribution in [1.82, 2.24) is 19.8 Å². The molecule has 0 bridgehead atoms. The van der Waals surface area contributed by atoms with Gasteiger partial charge in [-0.3, -0.25) is 19.3 Å². The number of halogens is 1. The number of aromatic amines is 1. The zero-order valence-corrected chi connectivity index (χ0v) is 22.1. The van der Waals surface area contributed by atoms with E-state index in [4.69, 9.17) is 4.74 Å². The van der Waals surface area contributed by atoms with Gasteiger partial charge in [-0.05, 0) is 62.7 Å². The molecule has 1 atom stereocenters. The number of ketones is 1. The van der Waals surface area contributed by atoms with Gasteiger partial charge < -0.3 is 14.6 Å². The van der Waals surface area contributed by atoms with E-state index in [1.165, 1.54) is 24.3 Å². The zero-order chi connectivity index (χ0) is 27.4. The molecule has 5 rings (SSSR count). The first-order valence-corrected chi connectivity index (χ1v) is 13.4. The van der Waals surface area contributed by atoms with Gasteiger partial charge in [0.2, 0.25) is 5.91 Å². The fraction of sp³-hybridized carbons (Fsp3) is 0.400. The number of amides is 1. The number of benzene rings is 2. The van der Waals surface area contributed by atoms with Crippen LogP contribution in [-0.2, 0) is 29.1 Å². The van der Waals surface area contributed by atoms with Gasteiger partial charge in [0.05, 0.1) is 43.6 Å². The molecule has 2 aliphatic rings. The number of Topliss-reactive ketones (excluding diaryl/α,β-unsaturated/α-hetero) is 1. The first-order chi connectivity index (χ1) is 18.9. The first kappa shape index (κ1) is 26.9. The number of carbonyl (C=O) groups excluding carboxylic acids is 2. The van der Waals surface area contributed by atoms with E-state index >= 15 is 0 Å². The summed E-state index contributed by atoms with van der Waals surface area (Å²) in [5.41, 5.74) is 2.57. The monoisotopic (exact) mass is 532 g/mol. The van der Waals surface area contributed by atoms with Gasteiger partial charge in [0.25, 0.3) is 5.56 Å². The Morgan fingerprint density at radius 2 is 1.85 bits per heavy atom. The average molecular weight is 533 g/mol. The zero-order valence-electron chi connectivity index (χ0n) is 22.1. The standard InChI is InChI=1S/C30H33FN4O4/c1-20(21-5-3-2-4-6-21)35(17-27-32-26-13-16-39-19-25(26)30(38)33-27)28(36)18-34-14-11-23(12-15-34)29(37)22-7-9-24(31)10-8-22/h2-10,20,23H,11-19H2,1H3,(H,32,33,38)/t20-/m1/s1. The number of ether oxygens (including phenoxy) is 1. The molecule has 1 fully saturated rings. The molecule has 204 valence electrons. The molecule has 1 amide bonds. The highest BCUT2D eigenvalue weighted by atomic mass is 19.1. The van der Waals surface area contributed by atoms with Crippen LogP contribution >= 0.6 is 0 Å². The van der Waals surface area contributed by atoms with E-state index in [0.29, 0.717) is 55.9 Å². The third kappa shape index (κ3) is 6.32. The molecule has 8 nitrogen and oxygen atoms in total. The van der Waals surface area contributed by atoms with Crippen molar-refractivity contribution in [2.45, 2.75) is 45.4 Å². The van der Waals surface area contributed by atoms with Gasteiger partial charge in [0.1, 0.15) is 11.6 Å². The molecule has 0 radical (unpaired) electrons. The van der Waals surface area contributed by atoms with E-state index < -0.39 is 0 Å². The Hall–Kier alpha value is -3.69. The number of H-pyrrole nitrogens is 1. The Morgan fingerprint density at radius 3 is 2.56 bits per heavy atom. The van der Waals surface area contributed by atoms with E-state index in [1.807, 2.05) is 37.3 Å². The van der Waals surface area contributed by atoms with E-state index in [2.05, 4.69) is 14.9 Å². The summed E-state index contributed by atoms with van der Waals surface area (Å²) in [5, 5.41) is 0. The van der Waals surface area contributed by atoms with E-state index in [0.717, 1.165) is 11.3 Å². The molecule has 0 spiro atoms. The predicted molar refractivity (Wildman–Crippen MR) is 144 cm³/mol. The van der Waals surface area contributed by atoms with E-state index in [1.54, 1.807) is 4.90 Å². The lowest BCUT2D eigenvalue weighted by atomic mass is 9.89. The molecule has 3 aromatic rings. The lowest BCUT2D eigenvalue weighted by Crippen LogP contribution is -2.45. The molecule has 0 aliphatic carbocycles. The highest BCUT2D eigenvalue weighted by molar-refractivity contribution is 5.97. The maximum absolute atomic E-state index is 13.7. The summed E-state index contributed by atoms with van der Waals surface area (Å²) in [7, 11) is 0. The SMILES string of the molecule is C[C@H](c1ccccc1)N(Cc1nc2c(c(=O)[nH]1)COCC2)C(=O)CN1CCC(C(=O)c2ccc(F)cc2)CC1. The number of hydrogen-bond acceptors (Lipinski definition) is 6. The largest absolute Gasteiger partial charge is 0.376 e. The minimum atomic E-state index is -0.363. The van der Waals surface area contributed by atoms with Gasteiger partial charge in [-0.15, -0.1) is 0 Å². The fourth-order valence-electron chi connectivity index (χ4n) is 5.37. The van der Waals surface area contributed by atoms with Gasteiger partial charge in [0.15, 0.2) is 5.78 Å². The third-order valence-electron chi connectivity index (χ3n) is 7.72. The number of carbonyl (C=O) groups is 2. The van der Waals surface area contributed by atoms with Crippen molar-refractivity contribution < 1.29 is 18.7 Å². The number of nitrogens with zero attached hydrogens (tertiary/aromatic N) is 3. The van der Waals surface area contributed by atoms with Crippen LogP contribution in [0.3, 0.4) is 0 Å².